The number of carbonyl (C=O) groups excluding carboxylic acids is 1. The Kier molecular flexibility index (Phi) is 7.57. The van der Waals surface area contributed by atoms with Gasteiger partial charge in [-0.25, -0.2) is 4.68 Å². The van der Waals surface area contributed by atoms with E-state index in [1.165, 1.54) is 77.0 Å². The molecule has 0 spiro atoms. The Morgan fingerprint density at radius 3 is 2.31 bits per heavy atom. The highest BCUT2D eigenvalue weighted by Crippen LogP contribution is 2.53. The molecule has 7 rings (SSSR count). The van der Waals surface area contributed by atoms with Crippen LogP contribution in [0, 0.1) is 35.5 Å². The minimum Gasteiger partial charge on any atom is -0.477 e. The molecule has 0 unspecified atom stereocenters. The third-order valence-corrected chi connectivity index (χ3v) is 10.4. The van der Waals surface area contributed by atoms with Crippen molar-refractivity contribution in [2.75, 3.05) is 32.8 Å². The zero-order valence-corrected chi connectivity index (χ0v) is 22.1. The largest absolute Gasteiger partial charge is 0.477 e. The second-order valence-electron chi connectivity index (χ2n) is 12.9. The van der Waals surface area contributed by atoms with Gasteiger partial charge in [-0.05, 0) is 113 Å². The van der Waals surface area contributed by atoms with Gasteiger partial charge in [0.25, 0.3) is 5.91 Å². The topological polar surface area (TPSA) is 85.4 Å². The molecule has 1 saturated heterocycles. The lowest BCUT2D eigenvalue weighted by molar-refractivity contribution is -0.0120. The molecule has 6 aliphatic rings. The van der Waals surface area contributed by atoms with Gasteiger partial charge in [-0.2, -0.15) is 5.10 Å². The maximum atomic E-state index is 13.6. The number of hydrogen-bond donors (Lipinski definition) is 2. The molecule has 1 aromatic heterocycles. The second-order valence-corrected chi connectivity index (χ2v) is 12.9. The highest BCUT2D eigenvalue weighted by Gasteiger charge is 2.48. The first kappa shape index (κ1) is 24.7. The normalized spacial score (nSPS) is 33.2. The summed E-state index contributed by atoms with van der Waals surface area (Å²) < 4.78 is 8.42. The fourth-order valence-electron chi connectivity index (χ4n) is 8.46. The SMILES string of the molecule is NCC1CCN(CCn2ncc(C(=O)NC3C4CC5CC(C4)CC3C5)c2OCC2CCCCC2)CC1. The Morgan fingerprint density at radius 1 is 0.944 bits per heavy atom. The van der Waals surface area contributed by atoms with Crippen LogP contribution in [-0.2, 0) is 6.54 Å². The molecule has 5 saturated carbocycles. The molecule has 3 N–H and O–H groups in total. The van der Waals surface area contributed by atoms with Crippen LogP contribution >= 0.6 is 0 Å². The number of nitrogens with zero attached hydrogens (tertiary/aromatic N) is 3. The maximum Gasteiger partial charge on any atom is 0.258 e. The second kappa shape index (κ2) is 11.0. The van der Waals surface area contributed by atoms with E-state index in [0.717, 1.165) is 44.6 Å². The number of carbonyl (C=O) groups is 1. The summed E-state index contributed by atoms with van der Waals surface area (Å²) in [4.78, 5) is 16.1. The monoisotopic (exact) mass is 497 g/mol. The molecule has 0 aromatic carbocycles. The standard InChI is InChI=1S/C29H47N5O2/c30-17-20-6-8-33(9-7-20)10-11-34-29(36-19-21-4-2-1-3-5-21)26(18-31-34)28(35)32-27-24-13-22-12-23(15-24)16-25(27)14-22/h18,20-25,27H,1-17,19,30H2,(H,32,35). The van der Waals surface area contributed by atoms with Crippen LogP contribution in [0.2, 0.25) is 0 Å². The molecule has 5 aliphatic carbocycles. The molecule has 1 amide bonds. The summed E-state index contributed by atoms with van der Waals surface area (Å²) in [7, 11) is 0. The van der Waals surface area contributed by atoms with Crippen molar-refractivity contribution in [2.24, 2.45) is 41.2 Å². The van der Waals surface area contributed by atoms with Crippen LogP contribution in [0.1, 0.15) is 87.4 Å². The van der Waals surface area contributed by atoms with Crippen molar-refractivity contribution in [1.29, 1.82) is 0 Å². The lowest BCUT2D eigenvalue weighted by Gasteiger charge is -2.54. The molecule has 2 heterocycles. The van der Waals surface area contributed by atoms with Gasteiger partial charge in [0.15, 0.2) is 0 Å². The predicted octanol–water partition coefficient (Wildman–Crippen LogP) is 4.07. The van der Waals surface area contributed by atoms with Crippen molar-refractivity contribution in [3.05, 3.63) is 11.8 Å². The Bertz CT molecular complexity index is 858. The van der Waals surface area contributed by atoms with E-state index in [-0.39, 0.29) is 5.91 Å². The van der Waals surface area contributed by atoms with Crippen LogP contribution in [-0.4, -0.2) is 59.4 Å². The fraction of sp³-hybridized carbons (Fsp3) is 0.862. The highest BCUT2D eigenvalue weighted by molar-refractivity contribution is 5.96. The van der Waals surface area contributed by atoms with Gasteiger partial charge in [-0.3, -0.25) is 4.79 Å². The van der Waals surface area contributed by atoms with Gasteiger partial charge in [0.1, 0.15) is 5.56 Å². The summed E-state index contributed by atoms with van der Waals surface area (Å²) >= 11 is 0. The van der Waals surface area contributed by atoms with Crippen LogP contribution in [0.3, 0.4) is 0 Å². The van der Waals surface area contributed by atoms with Crippen LogP contribution < -0.4 is 15.8 Å². The van der Waals surface area contributed by atoms with Crippen molar-refractivity contribution in [3.8, 4) is 5.88 Å². The van der Waals surface area contributed by atoms with E-state index in [9.17, 15) is 4.79 Å². The number of likely N-dealkylation sites (tertiary alicyclic amines) is 1. The zero-order chi connectivity index (χ0) is 24.5. The van der Waals surface area contributed by atoms with E-state index in [0.29, 0.717) is 47.8 Å². The van der Waals surface area contributed by atoms with Crippen LogP contribution in [0.5, 0.6) is 5.88 Å². The molecule has 6 fully saturated rings. The quantitative estimate of drug-likeness (QED) is 0.537. The molecule has 1 aliphatic heterocycles. The van der Waals surface area contributed by atoms with Crippen molar-refractivity contribution in [1.82, 2.24) is 20.0 Å². The van der Waals surface area contributed by atoms with Crippen molar-refractivity contribution >= 4 is 5.91 Å². The van der Waals surface area contributed by atoms with E-state index in [2.05, 4.69) is 15.3 Å². The smallest absolute Gasteiger partial charge is 0.258 e. The Labute approximate surface area is 216 Å². The fourth-order valence-corrected chi connectivity index (χ4v) is 8.46. The summed E-state index contributed by atoms with van der Waals surface area (Å²) in [5, 5.41) is 8.18. The third kappa shape index (κ3) is 5.33. The van der Waals surface area contributed by atoms with E-state index in [4.69, 9.17) is 10.5 Å². The molecular weight excluding hydrogens is 450 g/mol. The minimum atomic E-state index is 0.0288. The molecule has 36 heavy (non-hydrogen) atoms. The number of nitrogens with one attached hydrogen (secondary N) is 1. The van der Waals surface area contributed by atoms with E-state index in [1.54, 1.807) is 6.20 Å². The van der Waals surface area contributed by atoms with Gasteiger partial charge < -0.3 is 20.7 Å². The summed E-state index contributed by atoms with van der Waals surface area (Å²) in [6.45, 7) is 5.40. The molecule has 200 valence electrons. The van der Waals surface area contributed by atoms with Gasteiger partial charge in [0, 0.05) is 12.6 Å². The lowest BCUT2D eigenvalue weighted by Crippen LogP contribution is -2.55. The number of hydrogen-bond acceptors (Lipinski definition) is 5. The molecular formula is C29H47N5O2. The molecule has 7 nitrogen and oxygen atoms in total. The highest BCUT2D eigenvalue weighted by atomic mass is 16.5. The Morgan fingerprint density at radius 2 is 1.64 bits per heavy atom. The number of piperidine rings is 1. The summed E-state index contributed by atoms with van der Waals surface area (Å²) in [6.07, 6.45) is 17.2. The number of nitrogens with two attached hydrogens (primary N) is 1. The van der Waals surface area contributed by atoms with Crippen molar-refractivity contribution in [2.45, 2.75) is 89.6 Å². The molecule has 4 bridgehead atoms. The first-order valence-electron chi connectivity index (χ1n) is 15.1. The first-order valence-corrected chi connectivity index (χ1v) is 15.1. The summed E-state index contributed by atoms with van der Waals surface area (Å²) in [5.74, 6) is 5.14. The van der Waals surface area contributed by atoms with E-state index >= 15 is 0 Å². The third-order valence-electron chi connectivity index (χ3n) is 10.4. The predicted molar refractivity (Wildman–Crippen MR) is 141 cm³/mol. The zero-order valence-electron chi connectivity index (χ0n) is 22.1. The minimum absolute atomic E-state index is 0.0288. The van der Waals surface area contributed by atoms with E-state index in [1.807, 2.05) is 4.68 Å². The number of aromatic nitrogens is 2. The van der Waals surface area contributed by atoms with Gasteiger partial charge >= 0.3 is 0 Å². The van der Waals surface area contributed by atoms with Crippen LogP contribution in [0.4, 0.5) is 0 Å². The van der Waals surface area contributed by atoms with Crippen LogP contribution in [0.25, 0.3) is 0 Å². The van der Waals surface area contributed by atoms with Gasteiger partial charge in [0.05, 0.1) is 19.3 Å². The molecule has 7 heteroatoms. The van der Waals surface area contributed by atoms with E-state index < -0.39 is 0 Å². The summed E-state index contributed by atoms with van der Waals surface area (Å²) in [6, 6.07) is 0.337. The van der Waals surface area contributed by atoms with Crippen molar-refractivity contribution in [3.63, 3.8) is 0 Å². The average molecular weight is 498 g/mol. The van der Waals surface area contributed by atoms with Gasteiger partial charge in [-0.1, -0.05) is 19.3 Å². The first-order chi connectivity index (χ1) is 17.7. The summed E-state index contributed by atoms with van der Waals surface area (Å²) in [5.41, 5.74) is 6.52. The maximum absolute atomic E-state index is 13.6. The molecule has 0 atom stereocenters. The molecule has 0 radical (unpaired) electrons. The number of amides is 1. The van der Waals surface area contributed by atoms with Crippen LogP contribution in [0.15, 0.2) is 6.20 Å². The molecule has 1 aromatic rings. The van der Waals surface area contributed by atoms with Gasteiger partial charge in [0.2, 0.25) is 5.88 Å². The van der Waals surface area contributed by atoms with Gasteiger partial charge in [-0.15, -0.1) is 0 Å². The average Bonchev–Trinajstić information content (AvgIpc) is 3.31. The number of rotatable bonds is 9. The number of ether oxygens (including phenoxy) is 1. The van der Waals surface area contributed by atoms with Crippen molar-refractivity contribution < 1.29 is 9.53 Å². The Balaban J connectivity index is 1.13. The Hall–Kier alpha value is -1.60. The lowest BCUT2D eigenvalue weighted by atomic mass is 9.54.